The van der Waals surface area contributed by atoms with Gasteiger partial charge in [-0.2, -0.15) is 5.10 Å². The van der Waals surface area contributed by atoms with Crippen LogP contribution in [0.3, 0.4) is 0 Å². The van der Waals surface area contributed by atoms with E-state index in [4.69, 9.17) is 0 Å². The maximum atomic E-state index is 14.0. The molecule has 1 fully saturated rings. The van der Waals surface area contributed by atoms with Crippen LogP contribution in [0.1, 0.15) is 30.6 Å². The van der Waals surface area contributed by atoms with Gasteiger partial charge in [-0.15, -0.1) is 0 Å². The van der Waals surface area contributed by atoms with Crippen LogP contribution in [0.15, 0.2) is 24.4 Å². The molecule has 2 heterocycles. The van der Waals surface area contributed by atoms with E-state index in [0.29, 0.717) is 6.07 Å². The van der Waals surface area contributed by atoms with Crippen LogP contribution < -0.4 is 15.5 Å². The van der Waals surface area contributed by atoms with E-state index in [2.05, 4.69) is 20.8 Å². The van der Waals surface area contributed by atoms with Crippen LogP contribution in [-0.2, 0) is 9.59 Å². The van der Waals surface area contributed by atoms with Crippen molar-refractivity contribution in [1.29, 1.82) is 0 Å². The summed E-state index contributed by atoms with van der Waals surface area (Å²) in [6.07, 6.45) is 1.15. The lowest BCUT2D eigenvalue weighted by Crippen LogP contribution is -2.32. The third-order valence-corrected chi connectivity index (χ3v) is 4.25. The van der Waals surface area contributed by atoms with Crippen molar-refractivity contribution in [2.45, 2.75) is 26.3 Å². The first-order valence-electron chi connectivity index (χ1n) is 8.66. The van der Waals surface area contributed by atoms with Crippen LogP contribution in [0.25, 0.3) is 0 Å². The number of carbonyl (C=O) groups is 3. The molecule has 1 aromatic heterocycles. The van der Waals surface area contributed by atoms with Gasteiger partial charge in [-0.25, -0.2) is 8.78 Å². The van der Waals surface area contributed by atoms with Gasteiger partial charge in [0.25, 0.3) is 5.91 Å². The number of nitrogens with one attached hydrogen (secondary N) is 3. The molecule has 0 radical (unpaired) electrons. The molecule has 1 aliphatic rings. The Morgan fingerprint density at radius 3 is 2.75 bits per heavy atom. The van der Waals surface area contributed by atoms with E-state index in [-0.39, 0.29) is 36.1 Å². The Hall–Kier alpha value is -3.30. The van der Waals surface area contributed by atoms with Crippen molar-refractivity contribution < 1.29 is 23.2 Å². The van der Waals surface area contributed by atoms with Gasteiger partial charge in [0.15, 0.2) is 0 Å². The second kappa shape index (κ2) is 7.75. The van der Waals surface area contributed by atoms with Gasteiger partial charge >= 0.3 is 0 Å². The Kier molecular flexibility index (Phi) is 5.39. The van der Waals surface area contributed by atoms with Crippen molar-refractivity contribution in [2.75, 3.05) is 16.8 Å². The average Bonchev–Trinajstić information content (AvgIpc) is 3.21. The quantitative estimate of drug-likeness (QED) is 0.723. The zero-order valence-electron chi connectivity index (χ0n) is 15.3. The fourth-order valence-electron chi connectivity index (χ4n) is 2.93. The smallest absolute Gasteiger partial charge is 0.256 e. The largest absolute Gasteiger partial charge is 0.350 e. The topological polar surface area (TPSA) is 107 Å². The highest BCUT2D eigenvalue weighted by Crippen LogP contribution is 2.28. The number of aromatic nitrogens is 2. The molecule has 0 unspecified atom stereocenters. The molecule has 0 saturated carbocycles. The Bertz CT molecular complexity index is 928. The lowest BCUT2D eigenvalue weighted by Gasteiger charge is -2.17. The summed E-state index contributed by atoms with van der Waals surface area (Å²) in [6.45, 7) is 3.53. The third kappa shape index (κ3) is 4.00. The highest BCUT2D eigenvalue weighted by Gasteiger charge is 2.36. The van der Waals surface area contributed by atoms with E-state index in [9.17, 15) is 23.2 Å². The summed E-state index contributed by atoms with van der Waals surface area (Å²) < 4.78 is 27.0. The number of amides is 3. The molecule has 1 saturated heterocycles. The van der Waals surface area contributed by atoms with E-state index in [0.717, 1.165) is 17.0 Å². The van der Waals surface area contributed by atoms with Crippen molar-refractivity contribution in [2.24, 2.45) is 5.92 Å². The van der Waals surface area contributed by atoms with Gasteiger partial charge in [0.1, 0.15) is 23.0 Å². The number of halogens is 2. The molecule has 3 rings (SSSR count). The van der Waals surface area contributed by atoms with Gasteiger partial charge in [-0.3, -0.25) is 19.5 Å². The summed E-state index contributed by atoms with van der Waals surface area (Å²) in [5.74, 6) is -3.65. The number of rotatable bonds is 5. The highest BCUT2D eigenvalue weighted by atomic mass is 19.1. The minimum absolute atomic E-state index is 0.0606. The van der Waals surface area contributed by atoms with Crippen LogP contribution in [0, 0.1) is 17.6 Å². The molecular weight excluding hydrogens is 372 g/mol. The van der Waals surface area contributed by atoms with E-state index in [1.165, 1.54) is 6.20 Å². The second-order valence-corrected chi connectivity index (χ2v) is 6.78. The second-order valence-electron chi connectivity index (χ2n) is 6.78. The van der Waals surface area contributed by atoms with Gasteiger partial charge in [0.2, 0.25) is 11.8 Å². The molecule has 3 N–H and O–H groups in total. The summed E-state index contributed by atoms with van der Waals surface area (Å²) in [7, 11) is 0. The molecule has 10 heteroatoms. The molecular formula is C18H19F2N5O3. The van der Waals surface area contributed by atoms with Crippen molar-refractivity contribution in [3.63, 3.8) is 0 Å². The third-order valence-electron chi connectivity index (χ3n) is 4.25. The number of nitrogens with zero attached hydrogens (tertiary/aromatic N) is 2. The van der Waals surface area contributed by atoms with Crippen molar-refractivity contribution in [3.05, 3.63) is 41.6 Å². The zero-order chi connectivity index (χ0) is 20.4. The van der Waals surface area contributed by atoms with Crippen molar-refractivity contribution in [1.82, 2.24) is 15.5 Å². The number of H-pyrrole nitrogens is 1. The Labute approximate surface area is 159 Å². The van der Waals surface area contributed by atoms with E-state index in [1.807, 2.05) is 0 Å². The average molecular weight is 391 g/mol. The Morgan fingerprint density at radius 1 is 1.32 bits per heavy atom. The highest BCUT2D eigenvalue weighted by molar-refractivity contribution is 6.06. The normalized spacial score (nSPS) is 16.5. The lowest BCUT2D eigenvalue weighted by molar-refractivity contribution is -0.122. The molecule has 1 atom stereocenters. The monoisotopic (exact) mass is 391 g/mol. The van der Waals surface area contributed by atoms with Gasteiger partial charge in [0.05, 0.1) is 17.8 Å². The van der Waals surface area contributed by atoms with Crippen molar-refractivity contribution >= 4 is 29.2 Å². The number of carbonyl (C=O) groups excluding carboxylic acids is 3. The minimum atomic E-state index is -0.879. The molecule has 1 aromatic carbocycles. The Balaban J connectivity index is 1.71. The Morgan fingerprint density at radius 2 is 2.07 bits per heavy atom. The molecule has 0 bridgehead atoms. The maximum absolute atomic E-state index is 14.0. The predicted molar refractivity (Wildman–Crippen MR) is 96.6 cm³/mol. The number of hydrogen-bond donors (Lipinski definition) is 3. The van der Waals surface area contributed by atoms with Crippen LogP contribution >= 0.6 is 0 Å². The van der Waals surface area contributed by atoms with Crippen molar-refractivity contribution in [3.8, 4) is 0 Å². The van der Waals surface area contributed by atoms with E-state index < -0.39 is 35.3 Å². The molecule has 3 amide bonds. The standard InChI is InChI=1S/C18H19F2N5O3/c1-9(2)22-18(28)12-7-21-24-16(12)23-17(27)10-5-15(26)25(8-10)14-4-3-11(19)6-13(14)20/h3-4,6-7,9-10H,5,8H2,1-2H3,(H,22,28)(H2,21,23,24,27)/t10-/m0/s1. The van der Waals surface area contributed by atoms with Crippen LogP contribution in [-0.4, -0.2) is 40.5 Å². The fraction of sp³-hybridized carbons (Fsp3) is 0.333. The van der Waals surface area contributed by atoms with E-state index >= 15 is 0 Å². The number of benzene rings is 1. The predicted octanol–water partition coefficient (Wildman–Crippen LogP) is 1.82. The van der Waals surface area contributed by atoms with Gasteiger partial charge in [-0.1, -0.05) is 0 Å². The molecule has 2 aromatic rings. The first-order valence-corrected chi connectivity index (χ1v) is 8.66. The fourth-order valence-corrected chi connectivity index (χ4v) is 2.93. The zero-order valence-corrected chi connectivity index (χ0v) is 15.3. The summed E-state index contributed by atoms with van der Waals surface area (Å²) >= 11 is 0. The summed E-state index contributed by atoms with van der Waals surface area (Å²) in [5, 5.41) is 11.5. The van der Waals surface area contributed by atoms with Gasteiger partial charge in [0, 0.05) is 25.1 Å². The molecule has 28 heavy (non-hydrogen) atoms. The van der Waals surface area contributed by atoms with Crippen LogP contribution in [0.5, 0.6) is 0 Å². The lowest BCUT2D eigenvalue weighted by atomic mass is 10.1. The maximum Gasteiger partial charge on any atom is 0.256 e. The molecule has 0 aliphatic carbocycles. The molecule has 1 aliphatic heterocycles. The SMILES string of the molecule is CC(C)NC(=O)c1cn[nH]c1NC(=O)[C@H]1CC(=O)N(c2ccc(F)cc2F)C1. The van der Waals surface area contributed by atoms with Crippen LogP contribution in [0.2, 0.25) is 0 Å². The molecule has 0 spiro atoms. The summed E-state index contributed by atoms with van der Waals surface area (Å²) in [5.41, 5.74) is 0.0769. The molecule has 8 nitrogen and oxygen atoms in total. The minimum Gasteiger partial charge on any atom is -0.350 e. The summed E-state index contributed by atoms with van der Waals surface area (Å²) in [4.78, 5) is 38.0. The summed E-state index contributed by atoms with van der Waals surface area (Å²) in [6, 6.07) is 2.79. The number of anilines is 2. The molecule has 148 valence electrons. The first kappa shape index (κ1) is 19.5. The number of aromatic amines is 1. The van der Waals surface area contributed by atoms with Gasteiger partial charge < -0.3 is 15.5 Å². The van der Waals surface area contributed by atoms with Crippen LogP contribution in [0.4, 0.5) is 20.3 Å². The van der Waals surface area contributed by atoms with Gasteiger partial charge in [-0.05, 0) is 26.0 Å². The van der Waals surface area contributed by atoms with E-state index in [1.54, 1.807) is 13.8 Å². The first-order chi connectivity index (χ1) is 13.3. The number of hydrogen-bond acceptors (Lipinski definition) is 4.